The highest BCUT2D eigenvalue weighted by molar-refractivity contribution is 7.47. The van der Waals surface area contributed by atoms with Gasteiger partial charge in [-0.25, -0.2) is 9.13 Å². The monoisotopic (exact) mass is 1510 g/mol. The van der Waals surface area contributed by atoms with Crippen molar-refractivity contribution in [1.82, 2.24) is 0 Å². The van der Waals surface area contributed by atoms with E-state index >= 15 is 0 Å². The fourth-order valence-corrected chi connectivity index (χ4v) is 14.6. The standard InChI is InChI=1S/C84H164O17P2/c1-8-10-11-12-13-14-15-16-17-18-19-20-21-22-23-28-34-39-44-53-60-67-83(88)100-79(71-94-81(86)65-58-51-43-38-33-29-24-26-31-36-41-48-55-62-75(3)4)73-98-102(90,91)96-69-78(85)70-97-103(92,93)99-74-80(72-95-82(87)66-59-52-47-46-50-57-64-77(7)9-2)101-84(89)68-61-54-45-40-35-30-25-27-32-37-42-49-56-63-76(5)6/h75-80,85H,8-74H2,1-7H3,(H,90,91)(H,92,93)/t77?,78-,79-,80-/m1/s1. The van der Waals surface area contributed by atoms with Gasteiger partial charge in [0.15, 0.2) is 12.2 Å². The largest absolute Gasteiger partial charge is 0.472 e. The van der Waals surface area contributed by atoms with Crippen molar-refractivity contribution in [2.45, 2.75) is 458 Å². The van der Waals surface area contributed by atoms with Crippen molar-refractivity contribution in [3.8, 4) is 0 Å². The number of rotatable bonds is 82. The molecule has 19 heteroatoms. The van der Waals surface area contributed by atoms with Crippen molar-refractivity contribution in [3.63, 3.8) is 0 Å². The maximum atomic E-state index is 13.1. The Bertz CT molecular complexity index is 1990. The second kappa shape index (κ2) is 74.2. The zero-order valence-corrected chi connectivity index (χ0v) is 69.6. The van der Waals surface area contributed by atoms with Gasteiger partial charge in [0, 0.05) is 25.7 Å². The van der Waals surface area contributed by atoms with Gasteiger partial charge >= 0.3 is 39.5 Å². The van der Waals surface area contributed by atoms with Crippen LogP contribution in [0.5, 0.6) is 0 Å². The van der Waals surface area contributed by atoms with Gasteiger partial charge in [0.1, 0.15) is 19.3 Å². The van der Waals surface area contributed by atoms with Crippen LogP contribution in [0.15, 0.2) is 0 Å². The van der Waals surface area contributed by atoms with Crippen LogP contribution < -0.4 is 0 Å². The van der Waals surface area contributed by atoms with Crippen molar-refractivity contribution < 1.29 is 80.2 Å². The lowest BCUT2D eigenvalue weighted by atomic mass is 10.00. The minimum Gasteiger partial charge on any atom is -0.462 e. The van der Waals surface area contributed by atoms with Crippen molar-refractivity contribution in [2.75, 3.05) is 39.6 Å². The number of esters is 4. The highest BCUT2D eigenvalue weighted by Crippen LogP contribution is 2.45. The average molecular weight is 1510 g/mol. The maximum absolute atomic E-state index is 13.1. The molecule has 0 radical (unpaired) electrons. The first-order valence-corrected chi connectivity index (χ1v) is 46.4. The summed E-state index contributed by atoms with van der Waals surface area (Å²) in [5.41, 5.74) is 0. The molecule has 0 saturated carbocycles. The maximum Gasteiger partial charge on any atom is 0.472 e. The Morgan fingerprint density at radius 3 is 0.738 bits per heavy atom. The van der Waals surface area contributed by atoms with E-state index < -0.39 is 97.5 Å². The molecule has 0 aliphatic heterocycles. The number of carbonyl (C=O) groups is 4. The average Bonchev–Trinajstić information content (AvgIpc) is 0.912. The summed E-state index contributed by atoms with van der Waals surface area (Å²) in [5.74, 6) is 0.199. The van der Waals surface area contributed by atoms with Crippen molar-refractivity contribution in [2.24, 2.45) is 17.8 Å². The summed E-state index contributed by atoms with van der Waals surface area (Å²) in [6.45, 7) is 12.0. The number of aliphatic hydroxyl groups excluding tert-OH is 1. The molecule has 17 nitrogen and oxygen atoms in total. The van der Waals surface area contributed by atoms with E-state index in [1.54, 1.807) is 0 Å². The number of phosphoric ester groups is 2. The normalized spacial score (nSPS) is 14.2. The third-order valence-electron chi connectivity index (χ3n) is 20.0. The van der Waals surface area contributed by atoms with Crippen molar-refractivity contribution >= 4 is 39.5 Å². The molecule has 103 heavy (non-hydrogen) atoms. The molecular formula is C84H164O17P2. The van der Waals surface area contributed by atoms with Gasteiger partial charge in [0.25, 0.3) is 0 Å². The minimum absolute atomic E-state index is 0.106. The van der Waals surface area contributed by atoms with Crippen LogP contribution >= 0.6 is 15.6 Å². The number of carbonyl (C=O) groups excluding carboxylic acids is 4. The molecule has 0 aliphatic carbocycles. The van der Waals surface area contributed by atoms with E-state index in [4.69, 9.17) is 37.0 Å². The highest BCUT2D eigenvalue weighted by Gasteiger charge is 2.30. The second-order valence-corrected chi connectivity index (χ2v) is 34.3. The van der Waals surface area contributed by atoms with Crippen LogP contribution in [-0.2, 0) is 65.4 Å². The van der Waals surface area contributed by atoms with Crippen LogP contribution in [0.1, 0.15) is 440 Å². The molecule has 0 aromatic rings. The molecule has 0 aromatic carbocycles. The van der Waals surface area contributed by atoms with Gasteiger partial charge in [-0.05, 0) is 43.4 Å². The molecule has 0 saturated heterocycles. The molecule has 3 N–H and O–H groups in total. The Kier molecular flexibility index (Phi) is 72.8. The number of hydrogen-bond acceptors (Lipinski definition) is 15. The lowest BCUT2D eigenvalue weighted by Gasteiger charge is -2.21. The molecule has 0 heterocycles. The zero-order chi connectivity index (χ0) is 75.8. The number of ether oxygens (including phenoxy) is 4. The molecule has 0 aliphatic rings. The van der Waals surface area contributed by atoms with E-state index in [0.29, 0.717) is 25.7 Å². The van der Waals surface area contributed by atoms with E-state index in [1.165, 1.54) is 244 Å². The second-order valence-electron chi connectivity index (χ2n) is 31.4. The van der Waals surface area contributed by atoms with Crippen LogP contribution in [0, 0.1) is 17.8 Å². The zero-order valence-electron chi connectivity index (χ0n) is 67.8. The molecule has 612 valence electrons. The Morgan fingerprint density at radius 2 is 0.495 bits per heavy atom. The fourth-order valence-electron chi connectivity index (χ4n) is 13.0. The molecule has 0 aromatic heterocycles. The first-order valence-electron chi connectivity index (χ1n) is 43.4. The summed E-state index contributed by atoms with van der Waals surface area (Å²) in [5, 5.41) is 10.7. The highest BCUT2D eigenvalue weighted by atomic mass is 31.2. The summed E-state index contributed by atoms with van der Waals surface area (Å²) < 4.78 is 68.8. The smallest absolute Gasteiger partial charge is 0.462 e. The van der Waals surface area contributed by atoms with Gasteiger partial charge in [-0.2, -0.15) is 0 Å². The van der Waals surface area contributed by atoms with E-state index in [9.17, 15) is 43.2 Å². The van der Waals surface area contributed by atoms with E-state index in [2.05, 4.69) is 48.5 Å². The number of unbranched alkanes of at least 4 members (excludes halogenated alkanes) is 49. The fraction of sp³-hybridized carbons (Fsp3) is 0.952. The predicted octanol–water partition coefficient (Wildman–Crippen LogP) is 25.3. The Hall–Kier alpha value is -1.94. The van der Waals surface area contributed by atoms with Crippen LogP contribution in [0.2, 0.25) is 0 Å². The topological polar surface area (TPSA) is 237 Å². The molecule has 3 unspecified atom stereocenters. The number of hydrogen-bond donors (Lipinski definition) is 3. The van der Waals surface area contributed by atoms with Crippen molar-refractivity contribution in [3.05, 3.63) is 0 Å². The van der Waals surface area contributed by atoms with Crippen molar-refractivity contribution in [1.29, 1.82) is 0 Å². The van der Waals surface area contributed by atoms with Gasteiger partial charge in [-0.15, -0.1) is 0 Å². The Labute approximate surface area is 632 Å². The summed E-state index contributed by atoms with van der Waals surface area (Å²) >= 11 is 0. The first-order chi connectivity index (χ1) is 49.8. The van der Waals surface area contributed by atoms with E-state index in [-0.39, 0.29) is 25.7 Å². The van der Waals surface area contributed by atoms with Gasteiger partial charge in [-0.1, -0.05) is 389 Å². The molecule has 0 rings (SSSR count). The summed E-state index contributed by atoms with van der Waals surface area (Å²) in [7, 11) is -9.93. The van der Waals surface area contributed by atoms with Crippen LogP contribution in [-0.4, -0.2) is 96.7 Å². The minimum atomic E-state index is -4.96. The summed E-state index contributed by atoms with van der Waals surface area (Å²) in [6.07, 6.45) is 63.9. The molecule has 0 fully saturated rings. The van der Waals surface area contributed by atoms with Gasteiger partial charge in [-0.3, -0.25) is 37.3 Å². The van der Waals surface area contributed by atoms with E-state index in [1.807, 2.05) is 0 Å². The van der Waals surface area contributed by atoms with Crippen LogP contribution in [0.3, 0.4) is 0 Å². The summed E-state index contributed by atoms with van der Waals surface area (Å²) in [4.78, 5) is 73.1. The molecule has 0 spiro atoms. The van der Waals surface area contributed by atoms with E-state index in [0.717, 1.165) is 114 Å². The molecule has 0 amide bonds. The first kappa shape index (κ1) is 101. The Morgan fingerprint density at radius 1 is 0.282 bits per heavy atom. The number of aliphatic hydroxyl groups is 1. The third kappa shape index (κ3) is 76.6. The molecule has 0 bridgehead atoms. The lowest BCUT2D eigenvalue weighted by molar-refractivity contribution is -0.161. The third-order valence-corrected chi connectivity index (χ3v) is 21.9. The van der Waals surface area contributed by atoms with Gasteiger partial charge < -0.3 is 33.8 Å². The molecule has 6 atom stereocenters. The molecular weight excluding hydrogens is 1340 g/mol. The van der Waals surface area contributed by atoms with Gasteiger partial charge in [0.2, 0.25) is 0 Å². The predicted molar refractivity (Wildman–Crippen MR) is 423 cm³/mol. The Balaban J connectivity index is 5.23. The lowest BCUT2D eigenvalue weighted by Crippen LogP contribution is -2.30. The SMILES string of the molecule is CCCCCCCCCCCCCCCCCCCCCCCC(=O)O[C@H](COC(=O)CCCCCCCCCCCCCCCC(C)C)COP(=O)(O)OC[C@@H](O)COP(=O)(O)OC[C@@H](COC(=O)CCCCCCCCC(C)CC)OC(=O)CCCCCCCCCCCCCCCC(C)C. The van der Waals surface area contributed by atoms with Crippen LogP contribution in [0.4, 0.5) is 0 Å². The number of phosphoric acid groups is 2. The van der Waals surface area contributed by atoms with Crippen LogP contribution in [0.25, 0.3) is 0 Å². The summed E-state index contributed by atoms with van der Waals surface area (Å²) in [6, 6.07) is 0. The van der Waals surface area contributed by atoms with Gasteiger partial charge in [0.05, 0.1) is 26.4 Å². The quantitative estimate of drug-likeness (QED) is 0.0222.